The van der Waals surface area contributed by atoms with Crippen molar-refractivity contribution in [1.82, 2.24) is 15.2 Å². The molecule has 1 aromatic heterocycles. The summed E-state index contributed by atoms with van der Waals surface area (Å²) in [6, 6.07) is -0.886. The van der Waals surface area contributed by atoms with E-state index in [-0.39, 0.29) is 41.4 Å². The monoisotopic (exact) mass is 529 g/mol. The highest BCUT2D eigenvalue weighted by Gasteiger charge is 2.58. The van der Waals surface area contributed by atoms with Crippen LogP contribution in [0.5, 0.6) is 0 Å². The van der Waals surface area contributed by atoms with Gasteiger partial charge < -0.3 is 35.4 Å². The van der Waals surface area contributed by atoms with E-state index in [9.17, 15) is 24.4 Å². The van der Waals surface area contributed by atoms with Gasteiger partial charge in [0.05, 0.1) is 12.5 Å². The molecule has 3 heterocycles. The maximum Gasteiger partial charge on any atom is 0.320 e. The van der Waals surface area contributed by atoms with Crippen LogP contribution in [0, 0.1) is 11.3 Å². The number of esters is 2. The molecule has 2 aliphatic heterocycles. The normalized spacial score (nSPS) is 24.9. The molecule has 0 spiro atoms. The first-order valence-electron chi connectivity index (χ1n) is 10.6. The standard InChI is InChI=1S/C20H27N5O8S2/c1-9(2)17(28)32-10(3)33-18(29)20(7-31-4)6-25-15(27)13(16(25)35-8-20)23-14(26)12(24-30)11-5-34-19(21)22-11/h5,9-10,13,16,30H,6-8H2,1-4H3,(H2,21,22)(H,23,26)/t10?,13?,16-,20?/m1/s1. The lowest BCUT2D eigenvalue weighted by Crippen LogP contribution is -2.74. The molecule has 2 amide bonds. The minimum Gasteiger partial charge on any atom is -0.425 e. The predicted octanol–water partition coefficient (Wildman–Crippen LogP) is 0.0247. The zero-order valence-electron chi connectivity index (χ0n) is 19.5. The lowest BCUT2D eigenvalue weighted by molar-refractivity contribution is -0.197. The van der Waals surface area contributed by atoms with Crippen molar-refractivity contribution in [2.75, 3.05) is 31.7 Å². The predicted molar refractivity (Wildman–Crippen MR) is 126 cm³/mol. The van der Waals surface area contributed by atoms with E-state index in [1.54, 1.807) is 13.8 Å². The van der Waals surface area contributed by atoms with E-state index in [4.69, 9.17) is 19.9 Å². The summed E-state index contributed by atoms with van der Waals surface area (Å²) in [5.74, 6) is -2.53. The minimum absolute atomic E-state index is 0.00302. The zero-order valence-corrected chi connectivity index (χ0v) is 21.2. The third-order valence-electron chi connectivity index (χ3n) is 5.39. The minimum atomic E-state index is -1.19. The number of oxime groups is 1. The van der Waals surface area contributed by atoms with E-state index in [0.717, 1.165) is 11.3 Å². The van der Waals surface area contributed by atoms with Gasteiger partial charge in [-0.2, -0.15) is 0 Å². The van der Waals surface area contributed by atoms with Crippen LogP contribution in [0.15, 0.2) is 10.5 Å². The Balaban J connectivity index is 1.65. The largest absolute Gasteiger partial charge is 0.425 e. The van der Waals surface area contributed by atoms with Gasteiger partial charge in [0.2, 0.25) is 12.2 Å². The molecule has 2 fully saturated rings. The van der Waals surface area contributed by atoms with Crippen molar-refractivity contribution in [3.05, 3.63) is 11.1 Å². The molecule has 13 nitrogen and oxygen atoms in total. The van der Waals surface area contributed by atoms with Crippen LogP contribution in [0.3, 0.4) is 0 Å². The number of rotatable bonds is 9. The van der Waals surface area contributed by atoms with E-state index < -0.39 is 46.9 Å². The van der Waals surface area contributed by atoms with E-state index in [2.05, 4.69) is 15.5 Å². The number of hydrogen-bond acceptors (Lipinski definition) is 13. The summed E-state index contributed by atoms with van der Waals surface area (Å²) >= 11 is 2.34. The Morgan fingerprint density at radius 3 is 2.66 bits per heavy atom. The fourth-order valence-electron chi connectivity index (χ4n) is 3.59. The van der Waals surface area contributed by atoms with Crippen LogP contribution in [-0.4, -0.2) is 88.3 Å². The molecule has 0 bridgehead atoms. The van der Waals surface area contributed by atoms with Crippen molar-refractivity contribution in [2.45, 2.75) is 38.5 Å². The second kappa shape index (κ2) is 10.8. The first-order valence-corrected chi connectivity index (χ1v) is 12.5. The van der Waals surface area contributed by atoms with Gasteiger partial charge in [-0.3, -0.25) is 19.2 Å². The number of β-lactam (4-membered cyclic amide) rings is 1. The number of nitrogens with two attached hydrogens (primary N) is 1. The van der Waals surface area contributed by atoms with E-state index >= 15 is 0 Å². The molecule has 0 saturated carbocycles. The number of thioether (sulfide) groups is 1. The van der Waals surface area contributed by atoms with Crippen LogP contribution in [0.2, 0.25) is 0 Å². The number of fused-ring (bicyclic) bond motifs is 1. The SMILES string of the molecule is COCC1(C(=O)OC(C)OC(=O)C(C)C)CS[C@@H]2C(NC(=O)C(=NO)c3csc(N)n3)C(=O)N2C1. The van der Waals surface area contributed by atoms with Crippen LogP contribution in [0.1, 0.15) is 26.5 Å². The topological polar surface area (TPSA) is 183 Å². The van der Waals surface area contributed by atoms with Gasteiger partial charge in [0.25, 0.3) is 5.91 Å². The molecule has 192 valence electrons. The molecule has 4 atom stereocenters. The first kappa shape index (κ1) is 26.7. The number of nitrogens with zero attached hydrogens (tertiary/aromatic N) is 3. The first-order chi connectivity index (χ1) is 16.5. The number of aromatic nitrogens is 1. The molecule has 0 aromatic carbocycles. The molecule has 0 radical (unpaired) electrons. The summed E-state index contributed by atoms with van der Waals surface area (Å²) in [5.41, 5.74) is 4.09. The average molecular weight is 530 g/mol. The summed E-state index contributed by atoms with van der Waals surface area (Å²) in [6.45, 7) is 4.73. The number of anilines is 1. The molecule has 1 aromatic rings. The van der Waals surface area contributed by atoms with Crippen molar-refractivity contribution in [2.24, 2.45) is 16.5 Å². The fourth-order valence-corrected chi connectivity index (χ4v) is 5.66. The second-order valence-corrected chi connectivity index (χ2v) is 10.4. The second-order valence-electron chi connectivity index (χ2n) is 8.42. The molecule has 3 unspecified atom stereocenters. The van der Waals surface area contributed by atoms with Crippen LogP contribution in [0.25, 0.3) is 0 Å². The van der Waals surface area contributed by atoms with Crippen molar-refractivity contribution in [3.8, 4) is 0 Å². The Labute approximate surface area is 209 Å². The molecular weight excluding hydrogens is 502 g/mol. The maximum atomic E-state index is 13.0. The number of nitrogens with one attached hydrogen (secondary N) is 1. The third-order valence-corrected chi connectivity index (χ3v) is 7.65. The molecule has 15 heteroatoms. The van der Waals surface area contributed by atoms with Crippen molar-refractivity contribution in [1.29, 1.82) is 0 Å². The highest BCUT2D eigenvalue weighted by Crippen LogP contribution is 2.43. The van der Waals surface area contributed by atoms with E-state index in [1.807, 2.05) is 0 Å². The smallest absolute Gasteiger partial charge is 0.320 e. The van der Waals surface area contributed by atoms with Gasteiger partial charge in [0.15, 0.2) is 10.8 Å². The average Bonchev–Trinajstić information content (AvgIpc) is 3.23. The summed E-state index contributed by atoms with van der Waals surface area (Å²) in [7, 11) is 1.43. The number of carbonyl (C=O) groups is 4. The summed E-state index contributed by atoms with van der Waals surface area (Å²) in [6.07, 6.45) is -1.11. The molecule has 4 N–H and O–H groups in total. The highest BCUT2D eigenvalue weighted by atomic mass is 32.2. The van der Waals surface area contributed by atoms with Gasteiger partial charge in [-0.05, 0) is 0 Å². The molecule has 0 aliphatic carbocycles. The molecular formula is C20H27N5O8S2. The number of nitrogen functional groups attached to an aromatic ring is 1. The van der Waals surface area contributed by atoms with Crippen LogP contribution < -0.4 is 11.1 Å². The Morgan fingerprint density at radius 2 is 2.09 bits per heavy atom. The zero-order chi connectivity index (χ0) is 25.9. The Morgan fingerprint density at radius 1 is 1.37 bits per heavy atom. The number of carbonyl (C=O) groups excluding carboxylic acids is 4. The number of thiazole rings is 1. The van der Waals surface area contributed by atoms with Gasteiger partial charge >= 0.3 is 11.9 Å². The third kappa shape index (κ3) is 5.51. The van der Waals surface area contributed by atoms with Crippen LogP contribution in [0.4, 0.5) is 5.13 Å². The maximum absolute atomic E-state index is 13.0. The summed E-state index contributed by atoms with van der Waals surface area (Å²) in [5, 5.41) is 16.0. The van der Waals surface area contributed by atoms with Gasteiger partial charge in [-0.25, -0.2) is 4.98 Å². The number of methoxy groups -OCH3 is 1. The lowest BCUT2D eigenvalue weighted by Gasteiger charge is -2.53. The Hall–Kier alpha value is -2.91. The van der Waals surface area contributed by atoms with Crippen LogP contribution in [-0.2, 0) is 33.4 Å². The highest BCUT2D eigenvalue weighted by molar-refractivity contribution is 8.00. The van der Waals surface area contributed by atoms with Gasteiger partial charge in [0, 0.05) is 31.7 Å². The molecule has 2 aliphatic rings. The van der Waals surface area contributed by atoms with Gasteiger partial charge in [-0.15, -0.1) is 23.1 Å². The van der Waals surface area contributed by atoms with Crippen molar-refractivity contribution in [3.63, 3.8) is 0 Å². The van der Waals surface area contributed by atoms with Crippen molar-refractivity contribution >= 4 is 57.7 Å². The number of ether oxygens (including phenoxy) is 3. The molecule has 3 rings (SSSR count). The summed E-state index contributed by atoms with van der Waals surface area (Å²) < 4.78 is 15.7. The van der Waals surface area contributed by atoms with Crippen LogP contribution >= 0.6 is 23.1 Å². The Kier molecular flexibility index (Phi) is 8.22. The Bertz CT molecular complexity index is 1030. The quantitative estimate of drug-likeness (QED) is 0.0979. The van der Waals surface area contributed by atoms with E-state index in [0.29, 0.717) is 0 Å². The fraction of sp³-hybridized carbons (Fsp3) is 0.600. The van der Waals surface area contributed by atoms with E-state index in [1.165, 1.54) is 36.1 Å². The molecule has 35 heavy (non-hydrogen) atoms. The van der Waals surface area contributed by atoms with Gasteiger partial charge in [0.1, 0.15) is 22.5 Å². The van der Waals surface area contributed by atoms with Crippen molar-refractivity contribution < 1.29 is 38.6 Å². The van der Waals surface area contributed by atoms with Gasteiger partial charge in [-0.1, -0.05) is 19.0 Å². The number of amides is 2. The molecule has 2 saturated heterocycles. The number of hydrogen-bond donors (Lipinski definition) is 3. The lowest BCUT2D eigenvalue weighted by atomic mass is 9.88. The summed E-state index contributed by atoms with van der Waals surface area (Å²) in [4.78, 5) is 55.6.